The number of carboxylic acids is 1. The average Bonchev–Trinajstić information content (AvgIpc) is 3.22. The number of carbonyl (C=O) groups is 1. The summed E-state index contributed by atoms with van der Waals surface area (Å²) < 4.78 is 15.7. The second-order valence-corrected chi connectivity index (χ2v) is 9.12. The van der Waals surface area contributed by atoms with Gasteiger partial charge in [0.25, 0.3) is 0 Å². The Kier molecular flexibility index (Phi) is 7.35. The van der Waals surface area contributed by atoms with Gasteiger partial charge in [0.15, 0.2) is 0 Å². The topological polar surface area (TPSA) is 73.6 Å². The molecule has 0 saturated carbocycles. The van der Waals surface area contributed by atoms with E-state index >= 15 is 0 Å². The molecule has 4 aromatic rings. The van der Waals surface area contributed by atoms with Gasteiger partial charge in [0.1, 0.15) is 12.4 Å². The zero-order chi connectivity index (χ0) is 23.4. The molecule has 0 fully saturated rings. The minimum Gasteiger partial charge on any atom is -0.490 e. The van der Waals surface area contributed by atoms with Crippen LogP contribution in [0.1, 0.15) is 23.7 Å². The third-order valence-corrected chi connectivity index (χ3v) is 6.38. The lowest BCUT2D eigenvalue weighted by molar-refractivity contribution is 0.0697. The second-order valence-electron chi connectivity index (χ2n) is 7.41. The predicted molar refractivity (Wildman–Crippen MR) is 135 cm³/mol. The molecule has 1 N–H and O–H groups in total. The monoisotopic (exact) mass is 572 g/mol. The summed E-state index contributed by atoms with van der Waals surface area (Å²) in [5.41, 5.74) is 1.78. The number of aromatic carboxylic acids is 1. The molecular formula is C25H22Br2N2O4. The molecule has 0 atom stereocenters. The van der Waals surface area contributed by atoms with Crippen LogP contribution in [0.2, 0.25) is 0 Å². The molecular weight excluding hydrogens is 552 g/mol. The number of nitrogens with zero attached hydrogens (tertiary/aromatic N) is 2. The van der Waals surface area contributed by atoms with Crippen molar-refractivity contribution >= 4 is 48.6 Å². The first-order valence-corrected chi connectivity index (χ1v) is 12.1. The van der Waals surface area contributed by atoms with E-state index in [-0.39, 0.29) is 5.56 Å². The summed E-state index contributed by atoms with van der Waals surface area (Å²) >= 11 is 7.17. The van der Waals surface area contributed by atoms with E-state index in [4.69, 9.17) is 14.6 Å². The Balaban J connectivity index is 1.51. The second kappa shape index (κ2) is 10.4. The molecule has 0 spiro atoms. The molecule has 0 saturated heterocycles. The Labute approximate surface area is 208 Å². The molecule has 6 nitrogen and oxygen atoms in total. The van der Waals surface area contributed by atoms with Crippen LogP contribution in [0.5, 0.6) is 11.6 Å². The van der Waals surface area contributed by atoms with Gasteiger partial charge >= 0.3 is 5.97 Å². The smallest absolute Gasteiger partial charge is 0.335 e. The van der Waals surface area contributed by atoms with Gasteiger partial charge in [-0.05, 0) is 63.5 Å². The highest BCUT2D eigenvalue weighted by Gasteiger charge is 2.13. The standard InChI is InChI=1S/C25H22Br2N2O4/c1-2-12-33-23-15-21(16-3-5-17(6-4-16)25(30)31)28-29(23)11-13-32-22-10-7-18-14-19(26)8-9-20(18)24(22)27/h3-10,14-15H,2,11-13H2,1H3,(H,30,31). The van der Waals surface area contributed by atoms with Crippen molar-refractivity contribution < 1.29 is 19.4 Å². The maximum atomic E-state index is 11.1. The fourth-order valence-corrected chi connectivity index (χ4v) is 4.39. The number of halogens is 2. The third-order valence-electron chi connectivity index (χ3n) is 5.07. The van der Waals surface area contributed by atoms with E-state index in [0.29, 0.717) is 25.6 Å². The Bertz CT molecular complexity index is 1290. The number of ether oxygens (including phenoxy) is 2. The van der Waals surface area contributed by atoms with Gasteiger partial charge in [0, 0.05) is 16.1 Å². The lowest BCUT2D eigenvalue weighted by atomic mass is 10.1. The van der Waals surface area contributed by atoms with Crippen LogP contribution in [0, 0.1) is 0 Å². The molecule has 0 aliphatic heterocycles. The van der Waals surface area contributed by atoms with E-state index in [1.807, 2.05) is 37.3 Å². The molecule has 0 aliphatic carbocycles. The van der Waals surface area contributed by atoms with Gasteiger partial charge in [-0.25, -0.2) is 9.48 Å². The molecule has 3 aromatic carbocycles. The van der Waals surface area contributed by atoms with Crippen LogP contribution in [-0.4, -0.2) is 34.1 Å². The molecule has 0 bridgehead atoms. The van der Waals surface area contributed by atoms with Crippen molar-refractivity contribution in [3.63, 3.8) is 0 Å². The van der Waals surface area contributed by atoms with E-state index in [1.54, 1.807) is 28.9 Å². The lowest BCUT2D eigenvalue weighted by Crippen LogP contribution is -2.12. The highest BCUT2D eigenvalue weighted by Crippen LogP contribution is 2.34. The van der Waals surface area contributed by atoms with Gasteiger partial charge < -0.3 is 14.6 Å². The van der Waals surface area contributed by atoms with Crippen molar-refractivity contribution in [3.8, 4) is 22.9 Å². The summed E-state index contributed by atoms with van der Waals surface area (Å²) in [5.74, 6) is 0.460. The van der Waals surface area contributed by atoms with Gasteiger partial charge in [0.2, 0.25) is 5.88 Å². The van der Waals surface area contributed by atoms with Crippen molar-refractivity contribution in [2.75, 3.05) is 13.2 Å². The third kappa shape index (κ3) is 5.39. The molecule has 0 aliphatic rings. The number of fused-ring (bicyclic) bond motifs is 1. The first-order valence-electron chi connectivity index (χ1n) is 10.5. The zero-order valence-electron chi connectivity index (χ0n) is 17.9. The SMILES string of the molecule is CCCOc1cc(-c2ccc(C(=O)O)cc2)nn1CCOc1ccc2cc(Br)ccc2c1Br. The fourth-order valence-electron chi connectivity index (χ4n) is 3.40. The van der Waals surface area contributed by atoms with E-state index in [2.05, 4.69) is 43.0 Å². The molecule has 0 radical (unpaired) electrons. The van der Waals surface area contributed by atoms with E-state index < -0.39 is 5.97 Å². The summed E-state index contributed by atoms with van der Waals surface area (Å²) in [4.78, 5) is 11.1. The van der Waals surface area contributed by atoms with Crippen LogP contribution in [0.15, 0.2) is 69.6 Å². The Morgan fingerprint density at radius 3 is 2.52 bits per heavy atom. The molecule has 1 heterocycles. The maximum absolute atomic E-state index is 11.1. The average molecular weight is 574 g/mol. The quantitative estimate of drug-likeness (QED) is 0.238. The zero-order valence-corrected chi connectivity index (χ0v) is 21.1. The number of rotatable bonds is 9. The molecule has 33 heavy (non-hydrogen) atoms. The van der Waals surface area contributed by atoms with Gasteiger partial charge in [-0.1, -0.05) is 47.1 Å². The van der Waals surface area contributed by atoms with Crippen LogP contribution >= 0.6 is 31.9 Å². The van der Waals surface area contributed by atoms with E-state index in [1.165, 1.54) is 0 Å². The van der Waals surface area contributed by atoms with Gasteiger partial charge in [-0.2, -0.15) is 5.10 Å². The summed E-state index contributed by atoms with van der Waals surface area (Å²) in [6.07, 6.45) is 0.879. The fraction of sp³-hybridized carbons (Fsp3) is 0.200. The Morgan fingerprint density at radius 2 is 1.79 bits per heavy atom. The predicted octanol–water partition coefficient (Wildman–Crippen LogP) is 6.79. The highest BCUT2D eigenvalue weighted by molar-refractivity contribution is 9.11. The molecule has 1 aromatic heterocycles. The van der Waals surface area contributed by atoms with Crippen LogP contribution in [0.25, 0.3) is 22.0 Å². The number of aromatic nitrogens is 2. The first-order chi connectivity index (χ1) is 16.0. The van der Waals surface area contributed by atoms with Crippen molar-refractivity contribution in [1.29, 1.82) is 0 Å². The van der Waals surface area contributed by atoms with Crippen LogP contribution in [-0.2, 0) is 6.54 Å². The van der Waals surface area contributed by atoms with Crippen LogP contribution in [0.4, 0.5) is 0 Å². The van der Waals surface area contributed by atoms with Gasteiger partial charge in [-0.3, -0.25) is 0 Å². The number of benzene rings is 3. The van der Waals surface area contributed by atoms with Gasteiger partial charge in [0.05, 0.1) is 28.9 Å². The molecule has 170 valence electrons. The van der Waals surface area contributed by atoms with Gasteiger partial charge in [-0.15, -0.1) is 0 Å². The Hall–Kier alpha value is -2.84. The van der Waals surface area contributed by atoms with E-state index in [9.17, 15) is 4.79 Å². The summed E-state index contributed by atoms with van der Waals surface area (Å²) in [6.45, 7) is 3.53. The largest absolute Gasteiger partial charge is 0.490 e. The molecule has 4 rings (SSSR count). The highest BCUT2D eigenvalue weighted by atomic mass is 79.9. The maximum Gasteiger partial charge on any atom is 0.335 e. The number of carboxylic acid groups (broad SMARTS) is 1. The Morgan fingerprint density at radius 1 is 1.00 bits per heavy atom. The van der Waals surface area contributed by atoms with Crippen molar-refractivity contribution in [1.82, 2.24) is 9.78 Å². The van der Waals surface area contributed by atoms with Crippen LogP contribution < -0.4 is 9.47 Å². The van der Waals surface area contributed by atoms with Crippen LogP contribution in [0.3, 0.4) is 0 Å². The minimum atomic E-state index is -0.955. The summed E-state index contributed by atoms with van der Waals surface area (Å²) in [5, 5.41) is 16.0. The summed E-state index contributed by atoms with van der Waals surface area (Å²) in [6, 6.07) is 18.6. The number of hydrogen-bond acceptors (Lipinski definition) is 4. The summed E-state index contributed by atoms with van der Waals surface area (Å²) in [7, 11) is 0. The molecule has 0 amide bonds. The molecule has 0 unspecified atom stereocenters. The van der Waals surface area contributed by atoms with E-state index in [0.717, 1.165) is 43.1 Å². The minimum absolute atomic E-state index is 0.238. The first kappa shape index (κ1) is 23.3. The normalized spacial score (nSPS) is 11.0. The van der Waals surface area contributed by atoms with Crippen molar-refractivity contribution in [2.24, 2.45) is 0 Å². The molecule has 8 heteroatoms. The van der Waals surface area contributed by atoms with Crippen molar-refractivity contribution in [2.45, 2.75) is 19.9 Å². The van der Waals surface area contributed by atoms with Crippen molar-refractivity contribution in [3.05, 3.63) is 75.2 Å². The number of hydrogen-bond donors (Lipinski definition) is 1. The lowest BCUT2D eigenvalue weighted by Gasteiger charge is -2.12.